The molecule has 0 spiro atoms. The summed E-state index contributed by atoms with van der Waals surface area (Å²) in [5, 5.41) is 13.3. The van der Waals surface area contributed by atoms with Crippen LogP contribution in [0.5, 0.6) is 11.5 Å². The van der Waals surface area contributed by atoms with E-state index in [1.807, 2.05) is 19.1 Å². The third-order valence-electron chi connectivity index (χ3n) is 2.64. The molecule has 1 aromatic rings. The highest BCUT2D eigenvalue weighted by molar-refractivity contribution is 5.85. The summed E-state index contributed by atoms with van der Waals surface area (Å²) in [4.78, 5) is 0. The molecule has 0 saturated carbocycles. The second kappa shape index (κ2) is 8.20. The van der Waals surface area contributed by atoms with E-state index in [1.165, 1.54) is 0 Å². The molecule has 0 aliphatic carbocycles. The van der Waals surface area contributed by atoms with E-state index in [0.29, 0.717) is 24.9 Å². The molecular formula is C13H22ClNO2. The molecule has 4 heteroatoms. The monoisotopic (exact) mass is 259 g/mol. The second-order valence-corrected chi connectivity index (χ2v) is 3.89. The Bertz CT molecular complexity index is 331. The summed E-state index contributed by atoms with van der Waals surface area (Å²) in [7, 11) is 0. The number of rotatable bonds is 6. The fourth-order valence-corrected chi connectivity index (χ4v) is 1.41. The lowest BCUT2D eigenvalue weighted by molar-refractivity contribution is 0.316. The average Bonchev–Trinajstić information content (AvgIpc) is 2.30. The third-order valence-corrected chi connectivity index (χ3v) is 2.64. The lowest BCUT2D eigenvalue weighted by Gasteiger charge is -2.14. The summed E-state index contributed by atoms with van der Waals surface area (Å²) in [6.45, 7) is 7.40. The Labute approximate surface area is 110 Å². The summed E-state index contributed by atoms with van der Waals surface area (Å²) in [5.74, 6) is 0.811. The second-order valence-electron chi connectivity index (χ2n) is 3.89. The van der Waals surface area contributed by atoms with Crippen LogP contribution in [-0.2, 0) is 6.54 Å². The summed E-state index contributed by atoms with van der Waals surface area (Å²) in [6.07, 6.45) is 1.08. The van der Waals surface area contributed by atoms with Gasteiger partial charge in [-0.25, -0.2) is 0 Å². The molecule has 0 aromatic heterocycles. The van der Waals surface area contributed by atoms with Gasteiger partial charge >= 0.3 is 0 Å². The summed E-state index contributed by atoms with van der Waals surface area (Å²) in [5.41, 5.74) is 0.881. The fraction of sp³-hybridized carbons (Fsp3) is 0.538. The minimum absolute atomic E-state index is 0. The van der Waals surface area contributed by atoms with E-state index >= 15 is 0 Å². The molecule has 1 rings (SSSR count). The van der Waals surface area contributed by atoms with Crippen molar-refractivity contribution in [1.82, 2.24) is 5.32 Å². The molecule has 0 aliphatic rings. The Kier molecular flexibility index (Phi) is 7.75. The number of phenolic OH excluding ortho intramolecular Hbond substituents is 1. The molecule has 0 heterocycles. The standard InChI is InChI=1S/C13H21NO2.ClH/c1-4-10(3)14-9-11-7-6-8-12(13(11)15)16-5-2;/h6-8,10,14-15H,4-5,9H2,1-3H3;1H. The average molecular weight is 260 g/mol. The molecule has 3 nitrogen and oxygen atoms in total. The largest absolute Gasteiger partial charge is 0.504 e. The van der Waals surface area contributed by atoms with Gasteiger partial charge in [-0.05, 0) is 26.3 Å². The van der Waals surface area contributed by atoms with Crippen LogP contribution in [0.3, 0.4) is 0 Å². The maximum Gasteiger partial charge on any atom is 0.162 e. The quantitative estimate of drug-likeness (QED) is 0.825. The maximum absolute atomic E-state index is 9.94. The van der Waals surface area contributed by atoms with Crippen LogP contribution in [0.4, 0.5) is 0 Å². The molecule has 0 saturated heterocycles. The van der Waals surface area contributed by atoms with Gasteiger partial charge in [0.2, 0.25) is 0 Å². The van der Waals surface area contributed by atoms with Crippen LogP contribution in [0.25, 0.3) is 0 Å². The SMILES string of the molecule is CCOc1cccc(CNC(C)CC)c1O.Cl. The predicted molar refractivity (Wildman–Crippen MR) is 73.1 cm³/mol. The molecule has 17 heavy (non-hydrogen) atoms. The van der Waals surface area contributed by atoms with Gasteiger partial charge in [-0.1, -0.05) is 19.1 Å². The van der Waals surface area contributed by atoms with Crippen LogP contribution in [0.15, 0.2) is 18.2 Å². The van der Waals surface area contributed by atoms with Crippen LogP contribution in [-0.4, -0.2) is 17.8 Å². The Morgan fingerprint density at radius 3 is 2.65 bits per heavy atom. The molecule has 1 unspecified atom stereocenters. The Hall–Kier alpha value is -0.930. The lowest BCUT2D eigenvalue weighted by Crippen LogP contribution is -2.24. The molecular weight excluding hydrogens is 238 g/mol. The molecule has 0 bridgehead atoms. The van der Waals surface area contributed by atoms with E-state index in [-0.39, 0.29) is 18.2 Å². The topological polar surface area (TPSA) is 41.5 Å². The maximum atomic E-state index is 9.94. The highest BCUT2D eigenvalue weighted by atomic mass is 35.5. The number of halogens is 1. The number of nitrogens with one attached hydrogen (secondary N) is 1. The van der Waals surface area contributed by atoms with E-state index in [0.717, 1.165) is 12.0 Å². The fourth-order valence-electron chi connectivity index (χ4n) is 1.41. The first kappa shape index (κ1) is 16.1. The third kappa shape index (κ3) is 4.84. The highest BCUT2D eigenvalue weighted by Gasteiger charge is 2.08. The molecule has 98 valence electrons. The first-order valence-corrected chi connectivity index (χ1v) is 5.86. The summed E-state index contributed by atoms with van der Waals surface area (Å²) in [6, 6.07) is 6.05. The first-order valence-electron chi connectivity index (χ1n) is 5.86. The van der Waals surface area contributed by atoms with Crippen LogP contribution >= 0.6 is 12.4 Å². The Morgan fingerprint density at radius 2 is 2.06 bits per heavy atom. The van der Waals surface area contributed by atoms with E-state index < -0.39 is 0 Å². The van der Waals surface area contributed by atoms with Gasteiger partial charge in [0.05, 0.1) is 6.61 Å². The smallest absolute Gasteiger partial charge is 0.162 e. The molecule has 0 aliphatic heterocycles. The number of aromatic hydroxyl groups is 1. The molecule has 1 atom stereocenters. The van der Waals surface area contributed by atoms with Gasteiger partial charge in [-0.2, -0.15) is 0 Å². The summed E-state index contributed by atoms with van der Waals surface area (Å²) < 4.78 is 5.33. The number of benzene rings is 1. The lowest BCUT2D eigenvalue weighted by atomic mass is 10.1. The molecule has 1 aromatic carbocycles. The number of hydrogen-bond acceptors (Lipinski definition) is 3. The molecule has 0 fully saturated rings. The van der Waals surface area contributed by atoms with Crippen molar-refractivity contribution in [2.45, 2.75) is 39.8 Å². The number of hydrogen-bond donors (Lipinski definition) is 2. The first-order chi connectivity index (χ1) is 7.69. The van der Waals surface area contributed by atoms with Gasteiger partial charge in [0.15, 0.2) is 11.5 Å². The normalized spacial score (nSPS) is 11.7. The van der Waals surface area contributed by atoms with Gasteiger partial charge < -0.3 is 15.2 Å². The molecule has 0 radical (unpaired) electrons. The van der Waals surface area contributed by atoms with E-state index in [9.17, 15) is 5.11 Å². The van der Waals surface area contributed by atoms with Crippen LogP contribution in [0.1, 0.15) is 32.8 Å². The minimum atomic E-state index is 0. The van der Waals surface area contributed by atoms with Crippen molar-refractivity contribution in [3.8, 4) is 11.5 Å². The number of para-hydroxylation sites is 1. The zero-order valence-corrected chi connectivity index (χ0v) is 11.5. The zero-order chi connectivity index (χ0) is 12.0. The Morgan fingerprint density at radius 1 is 1.35 bits per heavy atom. The predicted octanol–water partition coefficient (Wildman–Crippen LogP) is 3.10. The van der Waals surface area contributed by atoms with Crippen molar-refractivity contribution in [2.75, 3.05) is 6.61 Å². The van der Waals surface area contributed by atoms with E-state index in [1.54, 1.807) is 6.07 Å². The number of phenols is 1. The van der Waals surface area contributed by atoms with Gasteiger partial charge in [0.1, 0.15) is 0 Å². The Balaban J connectivity index is 0.00000256. The van der Waals surface area contributed by atoms with Gasteiger partial charge in [-0.3, -0.25) is 0 Å². The highest BCUT2D eigenvalue weighted by Crippen LogP contribution is 2.29. The van der Waals surface area contributed by atoms with Crippen molar-refractivity contribution >= 4 is 12.4 Å². The van der Waals surface area contributed by atoms with Gasteiger partial charge in [-0.15, -0.1) is 12.4 Å². The van der Waals surface area contributed by atoms with Crippen molar-refractivity contribution in [3.05, 3.63) is 23.8 Å². The van der Waals surface area contributed by atoms with Gasteiger partial charge in [0, 0.05) is 18.2 Å². The summed E-state index contributed by atoms with van der Waals surface area (Å²) >= 11 is 0. The minimum Gasteiger partial charge on any atom is -0.504 e. The van der Waals surface area contributed by atoms with Crippen LogP contribution in [0, 0.1) is 0 Å². The van der Waals surface area contributed by atoms with Crippen LogP contribution < -0.4 is 10.1 Å². The van der Waals surface area contributed by atoms with E-state index in [4.69, 9.17) is 4.74 Å². The van der Waals surface area contributed by atoms with E-state index in [2.05, 4.69) is 19.2 Å². The molecule has 0 amide bonds. The van der Waals surface area contributed by atoms with Crippen LogP contribution in [0.2, 0.25) is 0 Å². The van der Waals surface area contributed by atoms with Gasteiger partial charge in [0.25, 0.3) is 0 Å². The van der Waals surface area contributed by atoms with Crippen molar-refractivity contribution in [3.63, 3.8) is 0 Å². The van der Waals surface area contributed by atoms with Crippen molar-refractivity contribution in [2.24, 2.45) is 0 Å². The zero-order valence-electron chi connectivity index (χ0n) is 10.7. The van der Waals surface area contributed by atoms with Crippen molar-refractivity contribution < 1.29 is 9.84 Å². The van der Waals surface area contributed by atoms with Crippen molar-refractivity contribution in [1.29, 1.82) is 0 Å². The molecule has 2 N–H and O–H groups in total. The number of ether oxygens (including phenoxy) is 1.